The highest BCUT2D eigenvalue weighted by molar-refractivity contribution is 5.61. The van der Waals surface area contributed by atoms with Crippen molar-refractivity contribution in [3.05, 3.63) is 36.7 Å². The van der Waals surface area contributed by atoms with E-state index in [4.69, 9.17) is 5.73 Å². The van der Waals surface area contributed by atoms with E-state index in [0.29, 0.717) is 11.6 Å². The Kier molecular flexibility index (Phi) is 4.18. The molecule has 1 aromatic heterocycles. The molecule has 0 aliphatic rings. The van der Waals surface area contributed by atoms with E-state index in [1.165, 1.54) is 12.0 Å². The van der Waals surface area contributed by atoms with Crippen LogP contribution in [0, 0.1) is 0 Å². The summed E-state index contributed by atoms with van der Waals surface area (Å²) < 4.78 is 0. The molecule has 3 N–H and O–H groups in total. The average molecular weight is 257 g/mol. The molecule has 5 nitrogen and oxygen atoms in total. The highest BCUT2D eigenvalue weighted by Crippen LogP contribution is 2.20. The molecule has 0 aliphatic carbocycles. The van der Waals surface area contributed by atoms with Crippen LogP contribution >= 0.6 is 0 Å². The minimum atomic E-state index is 0.456. The zero-order chi connectivity index (χ0) is 13.7. The lowest BCUT2D eigenvalue weighted by Gasteiger charge is -2.21. The lowest BCUT2D eigenvalue weighted by atomic mass is 10.2. The van der Waals surface area contributed by atoms with E-state index >= 15 is 0 Å². The Balaban J connectivity index is 2.10. The number of anilines is 4. The predicted molar refractivity (Wildman–Crippen MR) is 79.7 cm³/mol. The number of benzene rings is 1. The molecular formula is C14H19N5. The van der Waals surface area contributed by atoms with Crippen molar-refractivity contribution in [2.45, 2.75) is 13.8 Å². The second-order valence-electron chi connectivity index (χ2n) is 4.17. The molecule has 19 heavy (non-hydrogen) atoms. The van der Waals surface area contributed by atoms with E-state index in [0.717, 1.165) is 18.8 Å². The van der Waals surface area contributed by atoms with Gasteiger partial charge in [-0.1, -0.05) is 0 Å². The maximum absolute atomic E-state index is 5.61. The number of nitrogen functional groups attached to an aromatic ring is 1. The third-order valence-electron chi connectivity index (χ3n) is 2.96. The second kappa shape index (κ2) is 6.04. The standard InChI is InChI=1S/C14H19N5/c1-3-19(4-2)12-7-5-11(6-8-12)18-14-9-13(15)16-10-17-14/h5-10H,3-4H2,1-2H3,(H3,15,16,17,18). The summed E-state index contributed by atoms with van der Waals surface area (Å²) >= 11 is 0. The monoisotopic (exact) mass is 257 g/mol. The highest BCUT2D eigenvalue weighted by atomic mass is 15.1. The Hall–Kier alpha value is -2.30. The molecule has 1 heterocycles. The maximum atomic E-state index is 5.61. The van der Waals surface area contributed by atoms with Crippen LogP contribution < -0.4 is 16.0 Å². The first-order valence-electron chi connectivity index (χ1n) is 6.42. The number of nitrogens with one attached hydrogen (secondary N) is 1. The average Bonchev–Trinajstić information content (AvgIpc) is 2.42. The Morgan fingerprint density at radius 3 is 2.37 bits per heavy atom. The third kappa shape index (κ3) is 3.34. The van der Waals surface area contributed by atoms with Gasteiger partial charge in [-0.15, -0.1) is 0 Å². The largest absolute Gasteiger partial charge is 0.384 e. The maximum Gasteiger partial charge on any atom is 0.135 e. The van der Waals surface area contributed by atoms with Crippen LogP contribution in [0.25, 0.3) is 0 Å². The van der Waals surface area contributed by atoms with Gasteiger partial charge in [-0.3, -0.25) is 0 Å². The van der Waals surface area contributed by atoms with Crippen molar-refractivity contribution in [3.8, 4) is 0 Å². The van der Waals surface area contributed by atoms with Gasteiger partial charge in [0.05, 0.1) is 0 Å². The minimum Gasteiger partial charge on any atom is -0.384 e. The minimum absolute atomic E-state index is 0.456. The SMILES string of the molecule is CCN(CC)c1ccc(Nc2cc(N)ncn2)cc1. The Bertz CT molecular complexity index is 520. The lowest BCUT2D eigenvalue weighted by molar-refractivity contribution is 0.866. The second-order valence-corrected chi connectivity index (χ2v) is 4.17. The fourth-order valence-electron chi connectivity index (χ4n) is 1.93. The number of hydrogen-bond acceptors (Lipinski definition) is 5. The fraction of sp³-hybridized carbons (Fsp3) is 0.286. The molecule has 0 amide bonds. The van der Waals surface area contributed by atoms with Crippen LogP contribution in [-0.2, 0) is 0 Å². The predicted octanol–water partition coefficient (Wildman–Crippen LogP) is 2.65. The lowest BCUT2D eigenvalue weighted by Crippen LogP contribution is -2.21. The molecule has 0 radical (unpaired) electrons. The van der Waals surface area contributed by atoms with E-state index in [2.05, 4.69) is 46.2 Å². The van der Waals surface area contributed by atoms with Crippen LogP contribution in [0.3, 0.4) is 0 Å². The molecule has 0 fully saturated rings. The van der Waals surface area contributed by atoms with E-state index in [9.17, 15) is 0 Å². The van der Waals surface area contributed by atoms with Gasteiger partial charge in [0, 0.05) is 30.5 Å². The number of nitrogens with two attached hydrogens (primary N) is 1. The summed E-state index contributed by atoms with van der Waals surface area (Å²) in [5, 5.41) is 3.20. The zero-order valence-electron chi connectivity index (χ0n) is 11.3. The summed E-state index contributed by atoms with van der Waals surface area (Å²) in [4.78, 5) is 10.3. The van der Waals surface area contributed by atoms with Crippen LogP contribution in [0.5, 0.6) is 0 Å². The Morgan fingerprint density at radius 1 is 1.11 bits per heavy atom. The summed E-state index contributed by atoms with van der Waals surface area (Å²) in [7, 11) is 0. The summed E-state index contributed by atoms with van der Waals surface area (Å²) in [5.41, 5.74) is 7.82. The van der Waals surface area contributed by atoms with Gasteiger partial charge in [0.2, 0.25) is 0 Å². The molecule has 0 atom stereocenters. The Morgan fingerprint density at radius 2 is 1.79 bits per heavy atom. The van der Waals surface area contributed by atoms with Gasteiger partial charge in [0.25, 0.3) is 0 Å². The first-order valence-corrected chi connectivity index (χ1v) is 6.42. The molecule has 0 spiro atoms. The quantitative estimate of drug-likeness (QED) is 0.862. The van der Waals surface area contributed by atoms with Crippen LogP contribution in [0.4, 0.5) is 23.0 Å². The van der Waals surface area contributed by atoms with Gasteiger partial charge >= 0.3 is 0 Å². The van der Waals surface area contributed by atoms with Crippen LogP contribution in [0.1, 0.15) is 13.8 Å². The van der Waals surface area contributed by atoms with E-state index in [-0.39, 0.29) is 0 Å². The van der Waals surface area contributed by atoms with Crippen LogP contribution in [0.2, 0.25) is 0 Å². The third-order valence-corrected chi connectivity index (χ3v) is 2.96. The van der Waals surface area contributed by atoms with E-state index in [1.807, 2.05) is 12.1 Å². The van der Waals surface area contributed by atoms with Gasteiger partial charge in [0.1, 0.15) is 18.0 Å². The molecule has 2 rings (SSSR count). The summed E-state index contributed by atoms with van der Waals surface area (Å²) in [6.45, 7) is 6.32. The molecular weight excluding hydrogens is 238 g/mol. The molecule has 0 unspecified atom stereocenters. The van der Waals surface area contributed by atoms with Gasteiger partial charge in [-0.2, -0.15) is 0 Å². The van der Waals surface area contributed by atoms with Crippen molar-refractivity contribution in [2.24, 2.45) is 0 Å². The van der Waals surface area contributed by atoms with Gasteiger partial charge in [0.15, 0.2) is 0 Å². The van der Waals surface area contributed by atoms with Crippen molar-refractivity contribution in [3.63, 3.8) is 0 Å². The normalized spacial score (nSPS) is 10.2. The molecule has 2 aromatic rings. The number of rotatable bonds is 5. The van der Waals surface area contributed by atoms with E-state index in [1.54, 1.807) is 6.07 Å². The van der Waals surface area contributed by atoms with Crippen molar-refractivity contribution < 1.29 is 0 Å². The van der Waals surface area contributed by atoms with Crippen LogP contribution in [0.15, 0.2) is 36.7 Å². The molecule has 0 saturated heterocycles. The van der Waals surface area contributed by atoms with Crippen molar-refractivity contribution in [1.82, 2.24) is 9.97 Å². The summed E-state index contributed by atoms with van der Waals surface area (Å²) in [6.07, 6.45) is 1.45. The summed E-state index contributed by atoms with van der Waals surface area (Å²) in [5.74, 6) is 1.15. The number of nitrogens with zero attached hydrogens (tertiary/aromatic N) is 3. The molecule has 0 bridgehead atoms. The fourth-order valence-corrected chi connectivity index (χ4v) is 1.93. The first-order chi connectivity index (χ1) is 9.22. The first kappa shape index (κ1) is 13.1. The highest BCUT2D eigenvalue weighted by Gasteiger charge is 2.02. The summed E-state index contributed by atoms with van der Waals surface area (Å²) in [6, 6.07) is 9.97. The van der Waals surface area contributed by atoms with Crippen molar-refractivity contribution in [1.29, 1.82) is 0 Å². The van der Waals surface area contributed by atoms with Crippen molar-refractivity contribution >= 4 is 23.0 Å². The molecule has 0 saturated carbocycles. The number of aromatic nitrogens is 2. The van der Waals surface area contributed by atoms with Gasteiger partial charge in [-0.05, 0) is 38.1 Å². The number of hydrogen-bond donors (Lipinski definition) is 2. The van der Waals surface area contributed by atoms with E-state index < -0.39 is 0 Å². The Labute approximate surface area is 113 Å². The topological polar surface area (TPSA) is 67.1 Å². The molecule has 5 heteroatoms. The van der Waals surface area contributed by atoms with Crippen LogP contribution in [-0.4, -0.2) is 23.1 Å². The van der Waals surface area contributed by atoms with Gasteiger partial charge < -0.3 is 16.0 Å². The van der Waals surface area contributed by atoms with Crippen molar-refractivity contribution in [2.75, 3.05) is 29.0 Å². The molecule has 1 aromatic carbocycles. The molecule has 100 valence electrons. The van der Waals surface area contributed by atoms with Gasteiger partial charge in [-0.25, -0.2) is 9.97 Å². The zero-order valence-corrected chi connectivity index (χ0v) is 11.3. The molecule has 0 aliphatic heterocycles. The smallest absolute Gasteiger partial charge is 0.135 e.